The summed E-state index contributed by atoms with van der Waals surface area (Å²) >= 11 is 0. The highest BCUT2D eigenvalue weighted by Crippen LogP contribution is 2.24. The van der Waals surface area contributed by atoms with Crippen molar-refractivity contribution in [3.63, 3.8) is 0 Å². The molecule has 0 aromatic carbocycles. The number of aliphatic hydroxyl groups excluding tert-OH is 1. The number of hydrogen-bond acceptors (Lipinski definition) is 3. The molecule has 0 saturated carbocycles. The predicted molar refractivity (Wildman–Crippen MR) is 61.9 cm³/mol. The normalized spacial score (nSPS) is 16.2. The van der Waals surface area contributed by atoms with Crippen LogP contribution < -0.4 is 5.32 Å². The third-order valence-corrected chi connectivity index (χ3v) is 2.88. The van der Waals surface area contributed by atoms with Crippen LogP contribution in [0.4, 0.5) is 13.2 Å². The minimum atomic E-state index is -4.22. The second-order valence-electron chi connectivity index (χ2n) is 4.74. The Balaban J connectivity index is 4.50. The van der Waals surface area contributed by atoms with E-state index in [-0.39, 0.29) is 18.6 Å². The molecular weight excluding hydrogens is 233 g/mol. The molecule has 0 spiro atoms. The van der Waals surface area contributed by atoms with Crippen LogP contribution in [-0.4, -0.2) is 56.0 Å². The second kappa shape index (κ2) is 7.18. The monoisotopic (exact) mass is 256 g/mol. The average Bonchev–Trinajstić information content (AvgIpc) is 2.15. The lowest BCUT2D eigenvalue weighted by Crippen LogP contribution is -2.45. The third kappa shape index (κ3) is 7.57. The molecule has 0 fully saturated rings. The maximum Gasteiger partial charge on any atom is 0.401 e. The van der Waals surface area contributed by atoms with E-state index >= 15 is 0 Å². The summed E-state index contributed by atoms with van der Waals surface area (Å²) in [6.07, 6.45) is -3.43. The van der Waals surface area contributed by atoms with E-state index in [1.165, 1.54) is 4.90 Å². The van der Waals surface area contributed by atoms with E-state index in [4.69, 9.17) is 5.11 Å². The topological polar surface area (TPSA) is 35.5 Å². The molecule has 1 atom stereocenters. The zero-order valence-electron chi connectivity index (χ0n) is 10.8. The molecule has 0 saturated heterocycles. The first-order chi connectivity index (χ1) is 7.76. The third-order valence-electron chi connectivity index (χ3n) is 2.88. The van der Waals surface area contributed by atoms with Gasteiger partial charge in [-0.25, -0.2) is 0 Å². The number of hydrogen-bond donors (Lipinski definition) is 2. The number of halogens is 3. The molecule has 0 aliphatic rings. The van der Waals surface area contributed by atoms with Crippen LogP contribution in [0.2, 0.25) is 0 Å². The average molecular weight is 256 g/mol. The van der Waals surface area contributed by atoms with Gasteiger partial charge in [-0.3, -0.25) is 4.90 Å². The van der Waals surface area contributed by atoms with Crippen LogP contribution in [0, 0.1) is 5.41 Å². The van der Waals surface area contributed by atoms with Gasteiger partial charge < -0.3 is 10.4 Å². The van der Waals surface area contributed by atoms with Gasteiger partial charge in [-0.2, -0.15) is 13.2 Å². The smallest absolute Gasteiger partial charge is 0.395 e. The summed E-state index contributed by atoms with van der Waals surface area (Å²) in [5.41, 5.74) is -0.213. The Bertz CT molecular complexity index is 211. The molecule has 0 aliphatic carbocycles. The molecule has 0 amide bonds. The molecule has 0 bridgehead atoms. The van der Waals surface area contributed by atoms with E-state index in [2.05, 4.69) is 5.32 Å². The first-order valence-electron chi connectivity index (χ1n) is 5.81. The predicted octanol–water partition coefficient (Wildman–Crippen LogP) is 1.48. The van der Waals surface area contributed by atoms with Crippen LogP contribution in [0.3, 0.4) is 0 Å². The summed E-state index contributed by atoms with van der Waals surface area (Å²) in [4.78, 5) is 1.26. The van der Waals surface area contributed by atoms with E-state index in [9.17, 15) is 13.2 Å². The molecule has 6 heteroatoms. The van der Waals surface area contributed by atoms with Crippen molar-refractivity contribution >= 4 is 0 Å². The maximum absolute atomic E-state index is 12.4. The van der Waals surface area contributed by atoms with Gasteiger partial charge in [-0.1, -0.05) is 13.8 Å². The molecule has 1 unspecified atom stereocenters. The molecule has 2 N–H and O–H groups in total. The van der Waals surface area contributed by atoms with Crippen molar-refractivity contribution in [2.24, 2.45) is 5.41 Å². The lowest BCUT2D eigenvalue weighted by molar-refractivity contribution is -0.149. The molecule has 0 aromatic heterocycles. The standard InChI is InChI=1S/C11H23F3N2O/c1-4-10(2,7-15-3)8-16(5-6-17)9-11(12,13)14/h15,17H,4-9H2,1-3H3. The lowest BCUT2D eigenvalue weighted by Gasteiger charge is -2.35. The zero-order chi connectivity index (χ0) is 13.5. The van der Waals surface area contributed by atoms with Crippen molar-refractivity contribution in [1.82, 2.24) is 10.2 Å². The van der Waals surface area contributed by atoms with E-state index in [0.29, 0.717) is 13.1 Å². The number of nitrogens with zero attached hydrogens (tertiary/aromatic N) is 1. The van der Waals surface area contributed by atoms with Gasteiger partial charge in [0, 0.05) is 19.6 Å². The molecule has 0 aliphatic heterocycles. The Hall–Kier alpha value is -0.330. The van der Waals surface area contributed by atoms with Crippen LogP contribution in [0.1, 0.15) is 20.3 Å². The molecular formula is C11H23F3N2O. The van der Waals surface area contributed by atoms with E-state index in [0.717, 1.165) is 6.42 Å². The van der Waals surface area contributed by atoms with Crippen LogP contribution >= 0.6 is 0 Å². The van der Waals surface area contributed by atoms with Gasteiger partial charge in [0.25, 0.3) is 0 Å². The van der Waals surface area contributed by atoms with Crippen LogP contribution in [0.15, 0.2) is 0 Å². The van der Waals surface area contributed by atoms with Gasteiger partial charge in [0.1, 0.15) is 0 Å². The van der Waals surface area contributed by atoms with Gasteiger partial charge in [0.15, 0.2) is 0 Å². The molecule has 0 heterocycles. The molecule has 3 nitrogen and oxygen atoms in total. The number of nitrogens with one attached hydrogen (secondary N) is 1. The zero-order valence-corrected chi connectivity index (χ0v) is 10.8. The minimum absolute atomic E-state index is 0.0544. The molecule has 17 heavy (non-hydrogen) atoms. The van der Waals surface area contributed by atoms with Gasteiger partial charge in [-0.05, 0) is 18.9 Å². The summed E-state index contributed by atoms with van der Waals surface area (Å²) in [6, 6.07) is 0. The van der Waals surface area contributed by atoms with Crippen molar-refractivity contribution in [3.8, 4) is 0 Å². The first-order valence-corrected chi connectivity index (χ1v) is 5.81. The summed E-state index contributed by atoms with van der Waals surface area (Å²) in [7, 11) is 1.79. The van der Waals surface area contributed by atoms with E-state index in [1.54, 1.807) is 7.05 Å². The highest BCUT2D eigenvalue weighted by Gasteiger charge is 2.33. The fourth-order valence-electron chi connectivity index (χ4n) is 1.87. The highest BCUT2D eigenvalue weighted by molar-refractivity contribution is 4.80. The van der Waals surface area contributed by atoms with Crippen LogP contribution in [0.5, 0.6) is 0 Å². The Morgan fingerprint density at radius 2 is 1.82 bits per heavy atom. The lowest BCUT2D eigenvalue weighted by atomic mass is 9.86. The fourth-order valence-corrected chi connectivity index (χ4v) is 1.87. The van der Waals surface area contributed by atoms with Gasteiger partial charge in [0.05, 0.1) is 13.2 Å². The molecule has 0 radical (unpaired) electrons. The number of aliphatic hydroxyl groups is 1. The van der Waals surface area contributed by atoms with Gasteiger partial charge in [-0.15, -0.1) is 0 Å². The van der Waals surface area contributed by atoms with Crippen LogP contribution in [0.25, 0.3) is 0 Å². The summed E-state index contributed by atoms with van der Waals surface area (Å²) in [5, 5.41) is 11.8. The van der Waals surface area contributed by atoms with Crippen molar-refractivity contribution < 1.29 is 18.3 Å². The summed E-state index contributed by atoms with van der Waals surface area (Å²) in [5.74, 6) is 0. The van der Waals surface area contributed by atoms with Crippen molar-refractivity contribution in [2.45, 2.75) is 26.4 Å². The van der Waals surface area contributed by atoms with E-state index in [1.807, 2.05) is 13.8 Å². The SMILES string of the molecule is CCC(C)(CNC)CN(CCO)CC(F)(F)F. The molecule has 104 valence electrons. The second-order valence-corrected chi connectivity index (χ2v) is 4.74. The Morgan fingerprint density at radius 1 is 1.24 bits per heavy atom. The van der Waals surface area contributed by atoms with Crippen molar-refractivity contribution in [2.75, 3.05) is 39.8 Å². The Morgan fingerprint density at radius 3 is 2.18 bits per heavy atom. The first kappa shape index (κ1) is 16.7. The number of rotatable bonds is 8. The Labute approximate surface area is 101 Å². The maximum atomic E-state index is 12.4. The van der Waals surface area contributed by atoms with Crippen molar-refractivity contribution in [3.05, 3.63) is 0 Å². The Kier molecular flexibility index (Phi) is 7.04. The molecule has 0 aromatic rings. The minimum Gasteiger partial charge on any atom is -0.395 e. The number of alkyl halides is 3. The highest BCUT2D eigenvalue weighted by atomic mass is 19.4. The van der Waals surface area contributed by atoms with Crippen LogP contribution in [-0.2, 0) is 0 Å². The molecule has 0 rings (SSSR count). The van der Waals surface area contributed by atoms with Gasteiger partial charge >= 0.3 is 6.18 Å². The van der Waals surface area contributed by atoms with Gasteiger partial charge in [0.2, 0.25) is 0 Å². The largest absolute Gasteiger partial charge is 0.401 e. The summed E-state index contributed by atoms with van der Waals surface area (Å²) < 4.78 is 37.1. The van der Waals surface area contributed by atoms with E-state index < -0.39 is 12.7 Å². The quantitative estimate of drug-likeness (QED) is 0.690. The summed E-state index contributed by atoms with van der Waals surface area (Å²) in [6.45, 7) is 3.72. The van der Waals surface area contributed by atoms with Crippen molar-refractivity contribution in [1.29, 1.82) is 0 Å². The fraction of sp³-hybridized carbons (Fsp3) is 1.00.